The number of rotatable bonds is 6. The number of benzene rings is 1. The monoisotopic (exact) mass is 388 g/mol. The van der Waals surface area contributed by atoms with Gasteiger partial charge in [0.2, 0.25) is 5.91 Å². The summed E-state index contributed by atoms with van der Waals surface area (Å²) >= 11 is 0. The molecule has 2 N–H and O–H groups in total. The van der Waals surface area contributed by atoms with Crippen LogP contribution in [0.5, 0.6) is 0 Å². The van der Waals surface area contributed by atoms with Gasteiger partial charge in [-0.2, -0.15) is 0 Å². The van der Waals surface area contributed by atoms with Crippen LogP contribution in [0, 0.1) is 12.7 Å². The lowest BCUT2D eigenvalue weighted by atomic mass is 10.1. The van der Waals surface area contributed by atoms with Crippen LogP contribution in [0.25, 0.3) is 10.9 Å². The number of fused-ring (bicyclic) bond motifs is 1. The normalized spacial score (nSPS) is 17.6. The molecule has 1 aliphatic heterocycles. The molecular formula is C21H29FN4O2. The van der Waals surface area contributed by atoms with Crippen LogP contribution in [0.3, 0.4) is 0 Å². The van der Waals surface area contributed by atoms with Crippen molar-refractivity contribution < 1.29 is 14.0 Å². The first-order chi connectivity index (χ1) is 13.3. The van der Waals surface area contributed by atoms with Crippen molar-refractivity contribution in [3.63, 3.8) is 0 Å². The molecule has 6 nitrogen and oxygen atoms in total. The Labute approximate surface area is 165 Å². The Morgan fingerprint density at radius 2 is 2.18 bits per heavy atom. The molecular weight excluding hydrogens is 359 g/mol. The van der Waals surface area contributed by atoms with E-state index in [1.807, 2.05) is 14.0 Å². The van der Waals surface area contributed by atoms with Crippen LogP contribution < -0.4 is 5.32 Å². The minimum atomic E-state index is -0.324. The molecule has 1 aliphatic rings. The fraction of sp³-hybridized carbons (Fsp3) is 0.524. The SMILES string of the molecule is CC(=O)N(C)CCCN1CCCC(NC(=O)c2cc3c(F)ccc(C)c3[nH]2)C1. The van der Waals surface area contributed by atoms with Gasteiger partial charge in [-0.25, -0.2) is 4.39 Å². The molecule has 7 heteroatoms. The van der Waals surface area contributed by atoms with Crippen molar-refractivity contribution >= 4 is 22.7 Å². The summed E-state index contributed by atoms with van der Waals surface area (Å²) in [5.74, 6) is -0.442. The zero-order valence-corrected chi connectivity index (χ0v) is 16.8. The van der Waals surface area contributed by atoms with Gasteiger partial charge in [-0.15, -0.1) is 0 Å². The van der Waals surface area contributed by atoms with Gasteiger partial charge < -0.3 is 20.1 Å². The van der Waals surface area contributed by atoms with Gasteiger partial charge in [-0.1, -0.05) is 6.07 Å². The molecule has 28 heavy (non-hydrogen) atoms. The summed E-state index contributed by atoms with van der Waals surface area (Å²) in [7, 11) is 1.81. The van der Waals surface area contributed by atoms with Gasteiger partial charge in [0.05, 0.1) is 5.52 Å². The number of H-pyrrole nitrogens is 1. The predicted molar refractivity (Wildman–Crippen MR) is 108 cm³/mol. The second-order valence-corrected chi connectivity index (χ2v) is 7.74. The van der Waals surface area contributed by atoms with Gasteiger partial charge >= 0.3 is 0 Å². The standard InChI is InChI=1S/C21H29FN4O2/c1-14-7-8-18(22)17-12-19(24-20(14)17)21(28)23-16-6-4-10-26(13-16)11-5-9-25(3)15(2)27/h7-8,12,16,24H,4-6,9-11,13H2,1-3H3,(H,23,28). The van der Waals surface area contributed by atoms with Gasteiger partial charge in [-0.3, -0.25) is 9.59 Å². The van der Waals surface area contributed by atoms with Crippen LogP contribution in [0.2, 0.25) is 0 Å². The van der Waals surface area contributed by atoms with E-state index in [1.54, 1.807) is 24.0 Å². The van der Waals surface area contributed by atoms with Crippen LogP contribution >= 0.6 is 0 Å². The van der Waals surface area contributed by atoms with E-state index in [-0.39, 0.29) is 23.7 Å². The third kappa shape index (κ3) is 4.70. The molecule has 2 amide bonds. The molecule has 0 saturated carbocycles. The number of amides is 2. The lowest BCUT2D eigenvalue weighted by Crippen LogP contribution is -2.48. The Morgan fingerprint density at radius 1 is 1.39 bits per heavy atom. The number of hydrogen-bond acceptors (Lipinski definition) is 3. The number of carbonyl (C=O) groups excluding carboxylic acids is 2. The molecule has 0 aliphatic carbocycles. The van der Waals surface area contributed by atoms with E-state index in [2.05, 4.69) is 15.2 Å². The Balaban J connectivity index is 1.56. The van der Waals surface area contributed by atoms with Crippen LogP contribution in [0.1, 0.15) is 42.2 Å². The second kappa shape index (κ2) is 8.73. The Morgan fingerprint density at radius 3 is 2.89 bits per heavy atom. The van der Waals surface area contributed by atoms with E-state index in [4.69, 9.17) is 0 Å². The highest BCUT2D eigenvalue weighted by Crippen LogP contribution is 2.22. The van der Waals surface area contributed by atoms with E-state index in [1.165, 1.54) is 6.07 Å². The fourth-order valence-corrected chi connectivity index (χ4v) is 3.78. The van der Waals surface area contributed by atoms with E-state index < -0.39 is 0 Å². The average Bonchev–Trinajstić information content (AvgIpc) is 3.12. The molecule has 3 rings (SSSR count). The zero-order valence-electron chi connectivity index (χ0n) is 16.8. The minimum Gasteiger partial charge on any atom is -0.350 e. The molecule has 0 spiro atoms. The van der Waals surface area contributed by atoms with Crippen LogP contribution in [-0.2, 0) is 4.79 Å². The minimum absolute atomic E-state index is 0.0733. The number of likely N-dealkylation sites (tertiary alicyclic amines) is 1. The summed E-state index contributed by atoms with van der Waals surface area (Å²) in [4.78, 5) is 31.1. The lowest BCUT2D eigenvalue weighted by molar-refractivity contribution is -0.127. The number of piperidine rings is 1. The van der Waals surface area contributed by atoms with Crippen molar-refractivity contribution in [3.8, 4) is 0 Å². The first-order valence-corrected chi connectivity index (χ1v) is 9.88. The van der Waals surface area contributed by atoms with Crippen molar-refractivity contribution in [3.05, 3.63) is 35.3 Å². The van der Waals surface area contributed by atoms with Crippen molar-refractivity contribution in [2.45, 2.75) is 39.2 Å². The van der Waals surface area contributed by atoms with Crippen LogP contribution in [0.15, 0.2) is 18.2 Å². The first-order valence-electron chi connectivity index (χ1n) is 9.88. The summed E-state index contributed by atoms with van der Waals surface area (Å²) in [6.45, 7) is 6.91. The highest BCUT2D eigenvalue weighted by molar-refractivity contribution is 5.99. The van der Waals surface area contributed by atoms with Crippen LogP contribution in [-0.4, -0.2) is 65.9 Å². The molecule has 1 atom stereocenters. The van der Waals surface area contributed by atoms with Gasteiger partial charge in [0.15, 0.2) is 0 Å². The van der Waals surface area contributed by atoms with Gasteiger partial charge in [0.25, 0.3) is 5.91 Å². The molecule has 1 saturated heterocycles. The largest absolute Gasteiger partial charge is 0.350 e. The quantitative estimate of drug-likeness (QED) is 0.799. The number of carbonyl (C=O) groups is 2. The summed E-state index contributed by atoms with van der Waals surface area (Å²) in [5.41, 5.74) is 1.98. The third-order valence-electron chi connectivity index (χ3n) is 5.54. The number of hydrogen-bond donors (Lipinski definition) is 2. The first kappa shape index (κ1) is 20.3. The zero-order chi connectivity index (χ0) is 20.3. The summed E-state index contributed by atoms with van der Waals surface area (Å²) < 4.78 is 14.0. The third-order valence-corrected chi connectivity index (χ3v) is 5.54. The van der Waals surface area contributed by atoms with Gasteiger partial charge in [0, 0.05) is 38.5 Å². The Bertz CT molecular complexity index is 824. The molecule has 1 fully saturated rings. The van der Waals surface area contributed by atoms with Crippen molar-refractivity contribution in [1.82, 2.24) is 20.1 Å². The number of aryl methyl sites for hydroxylation is 1. The maximum atomic E-state index is 14.0. The fourth-order valence-electron chi connectivity index (χ4n) is 3.78. The number of nitrogens with one attached hydrogen (secondary N) is 2. The summed E-state index contributed by atoms with van der Waals surface area (Å²) in [6, 6.07) is 4.79. The molecule has 0 radical (unpaired) electrons. The molecule has 1 aromatic heterocycles. The molecule has 2 aromatic rings. The number of halogens is 1. The Kier molecular flexibility index (Phi) is 6.34. The molecule has 1 aromatic carbocycles. The van der Waals surface area contributed by atoms with E-state index in [0.29, 0.717) is 16.6 Å². The molecule has 1 unspecified atom stereocenters. The summed E-state index contributed by atoms with van der Waals surface area (Å²) in [6.07, 6.45) is 2.87. The van der Waals surface area contributed by atoms with E-state index >= 15 is 0 Å². The Hall–Kier alpha value is -2.41. The topological polar surface area (TPSA) is 68.4 Å². The van der Waals surface area contributed by atoms with E-state index in [9.17, 15) is 14.0 Å². The molecule has 152 valence electrons. The van der Waals surface area contributed by atoms with Crippen molar-refractivity contribution in [1.29, 1.82) is 0 Å². The van der Waals surface area contributed by atoms with Gasteiger partial charge in [-0.05, 0) is 57.0 Å². The highest BCUT2D eigenvalue weighted by atomic mass is 19.1. The number of aromatic nitrogens is 1. The van der Waals surface area contributed by atoms with Gasteiger partial charge in [0.1, 0.15) is 11.5 Å². The summed E-state index contributed by atoms with van der Waals surface area (Å²) in [5, 5.41) is 3.53. The lowest BCUT2D eigenvalue weighted by Gasteiger charge is -2.33. The van der Waals surface area contributed by atoms with Crippen LogP contribution in [0.4, 0.5) is 4.39 Å². The predicted octanol–water partition coefficient (Wildman–Crippen LogP) is 2.68. The number of aromatic amines is 1. The number of nitrogens with zero attached hydrogens (tertiary/aromatic N) is 2. The maximum absolute atomic E-state index is 14.0. The second-order valence-electron chi connectivity index (χ2n) is 7.74. The molecule has 0 bridgehead atoms. The van der Waals surface area contributed by atoms with Crippen molar-refractivity contribution in [2.24, 2.45) is 0 Å². The van der Waals surface area contributed by atoms with Crippen molar-refractivity contribution in [2.75, 3.05) is 33.2 Å². The maximum Gasteiger partial charge on any atom is 0.267 e. The molecule has 2 heterocycles. The highest BCUT2D eigenvalue weighted by Gasteiger charge is 2.23. The smallest absolute Gasteiger partial charge is 0.267 e. The average molecular weight is 388 g/mol. The van der Waals surface area contributed by atoms with E-state index in [0.717, 1.165) is 51.0 Å².